The van der Waals surface area contributed by atoms with E-state index in [1.807, 2.05) is 32.0 Å². The molecule has 0 aromatic heterocycles. The van der Waals surface area contributed by atoms with Crippen LogP contribution in [0.1, 0.15) is 29.0 Å². The van der Waals surface area contributed by atoms with Crippen LogP contribution in [0.15, 0.2) is 54.2 Å². The van der Waals surface area contributed by atoms with E-state index >= 15 is 0 Å². The number of nitrogens with one attached hydrogen (secondary N) is 2. The minimum atomic E-state index is -0.403. The van der Waals surface area contributed by atoms with Crippen molar-refractivity contribution in [1.82, 2.24) is 5.32 Å². The second-order valence-corrected chi connectivity index (χ2v) is 6.18. The summed E-state index contributed by atoms with van der Waals surface area (Å²) in [6, 6.07) is 11.6. The summed E-state index contributed by atoms with van der Waals surface area (Å²) in [5.41, 5.74) is 4.00. The summed E-state index contributed by atoms with van der Waals surface area (Å²) in [7, 11) is 0. The van der Waals surface area contributed by atoms with E-state index in [-0.39, 0.29) is 24.1 Å². The van der Waals surface area contributed by atoms with Crippen LogP contribution in [0.25, 0.3) is 0 Å². The van der Waals surface area contributed by atoms with Crippen LogP contribution in [-0.4, -0.2) is 11.8 Å². The van der Waals surface area contributed by atoms with Gasteiger partial charge in [-0.15, -0.1) is 0 Å². The quantitative estimate of drug-likeness (QED) is 0.899. The summed E-state index contributed by atoms with van der Waals surface area (Å²) in [4.78, 5) is 24.6. The molecular weight excluding hydrogens is 319 g/mol. The van der Waals surface area contributed by atoms with E-state index in [2.05, 4.69) is 10.6 Å². The molecular formula is C20H19FN2O2. The van der Waals surface area contributed by atoms with Crippen molar-refractivity contribution in [3.8, 4) is 0 Å². The Hall–Kier alpha value is -2.95. The first-order valence-corrected chi connectivity index (χ1v) is 8.08. The van der Waals surface area contributed by atoms with Crippen molar-refractivity contribution in [2.24, 2.45) is 0 Å². The van der Waals surface area contributed by atoms with Gasteiger partial charge in [-0.1, -0.05) is 24.3 Å². The minimum absolute atomic E-state index is 0.150. The number of benzene rings is 2. The second kappa shape index (κ2) is 6.89. The number of aryl methyl sites for hydroxylation is 1. The summed E-state index contributed by atoms with van der Waals surface area (Å²) in [5.74, 6) is -1.20. The Bertz CT molecular complexity index is 856. The third-order valence-corrected chi connectivity index (χ3v) is 4.54. The molecule has 25 heavy (non-hydrogen) atoms. The number of rotatable bonds is 3. The Kier molecular flexibility index (Phi) is 4.65. The van der Waals surface area contributed by atoms with Gasteiger partial charge in [-0.3, -0.25) is 9.59 Å². The summed E-state index contributed by atoms with van der Waals surface area (Å²) < 4.78 is 13.2. The highest BCUT2D eigenvalue weighted by Crippen LogP contribution is 2.31. The number of carbonyl (C=O) groups is 2. The maximum absolute atomic E-state index is 13.2. The predicted octanol–water partition coefficient (Wildman–Crippen LogP) is 3.57. The molecule has 0 radical (unpaired) electrons. The van der Waals surface area contributed by atoms with Crippen molar-refractivity contribution in [2.45, 2.75) is 26.2 Å². The molecule has 2 aromatic carbocycles. The predicted molar refractivity (Wildman–Crippen MR) is 94.5 cm³/mol. The first-order chi connectivity index (χ1) is 12.0. The maximum Gasteiger partial charge on any atom is 0.253 e. The van der Waals surface area contributed by atoms with Gasteiger partial charge in [0, 0.05) is 29.8 Å². The molecule has 4 nitrogen and oxygen atoms in total. The van der Waals surface area contributed by atoms with Crippen molar-refractivity contribution in [2.75, 3.05) is 5.32 Å². The first kappa shape index (κ1) is 16.9. The fourth-order valence-electron chi connectivity index (χ4n) is 2.91. The third kappa shape index (κ3) is 3.60. The molecule has 0 saturated carbocycles. The zero-order valence-electron chi connectivity index (χ0n) is 14.1. The van der Waals surface area contributed by atoms with Crippen molar-refractivity contribution in [3.63, 3.8) is 0 Å². The van der Waals surface area contributed by atoms with Gasteiger partial charge in [0.2, 0.25) is 5.91 Å². The van der Waals surface area contributed by atoms with Crippen LogP contribution in [0.3, 0.4) is 0 Å². The Morgan fingerprint density at radius 1 is 1.16 bits per heavy atom. The van der Waals surface area contributed by atoms with Gasteiger partial charge in [0.05, 0.1) is 0 Å². The molecule has 0 unspecified atom stereocenters. The average Bonchev–Trinajstić information content (AvgIpc) is 2.59. The van der Waals surface area contributed by atoms with E-state index in [0.717, 1.165) is 22.4 Å². The van der Waals surface area contributed by atoms with E-state index < -0.39 is 5.92 Å². The molecule has 1 atom stereocenters. The van der Waals surface area contributed by atoms with Crippen LogP contribution in [0, 0.1) is 19.7 Å². The minimum Gasteiger partial charge on any atom is -0.332 e. The third-order valence-electron chi connectivity index (χ3n) is 4.54. The first-order valence-electron chi connectivity index (χ1n) is 8.08. The van der Waals surface area contributed by atoms with Crippen LogP contribution in [0.5, 0.6) is 0 Å². The van der Waals surface area contributed by atoms with E-state index in [1.165, 1.54) is 18.3 Å². The van der Waals surface area contributed by atoms with Gasteiger partial charge in [-0.2, -0.15) is 0 Å². The van der Waals surface area contributed by atoms with Crippen LogP contribution in [0.4, 0.5) is 10.1 Å². The van der Waals surface area contributed by atoms with Gasteiger partial charge < -0.3 is 10.6 Å². The molecule has 5 heteroatoms. The zero-order chi connectivity index (χ0) is 18.0. The van der Waals surface area contributed by atoms with E-state index in [0.29, 0.717) is 5.57 Å². The monoisotopic (exact) mass is 338 g/mol. The lowest BCUT2D eigenvalue weighted by Crippen LogP contribution is -2.32. The summed E-state index contributed by atoms with van der Waals surface area (Å²) in [5, 5.41) is 5.51. The largest absolute Gasteiger partial charge is 0.332 e. The van der Waals surface area contributed by atoms with Crippen LogP contribution < -0.4 is 10.6 Å². The van der Waals surface area contributed by atoms with Crippen LogP contribution >= 0.6 is 0 Å². The van der Waals surface area contributed by atoms with Crippen LogP contribution in [-0.2, 0) is 9.59 Å². The summed E-state index contributed by atoms with van der Waals surface area (Å²) >= 11 is 0. The molecule has 128 valence electrons. The highest BCUT2D eigenvalue weighted by Gasteiger charge is 2.29. The number of anilines is 1. The Morgan fingerprint density at radius 2 is 1.88 bits per heavy atom. The van der Waals surface area contributed by atoms with Crippen molar-refractivity contribution in [3.05, 3.63) is 76.7 Å². The molecule has 1 aliphatic rings. The van der Waals surface area contributed by atoms with Crippen LogP contribution in [0.2, 0.25) is 0 Å². The second-order valence-electron chi connectivity index (χ2n) is 6.18. The molecule has 1 heterocycles. The van der Waals surface area contributed by atoms with E-state index in [4.69, 9.17) is 0 Å². The SMILES string of the molecule is Cc1cccc(NC(=O)C2=CNC(=O)C[C@H]2c2ccc(F)cc2)c1C. The summed E-state index contributed by atoms with van der Waals surface area (Å²) in [6.07, 6.45) is 1.60. The molecule has 1 aliphatic heterocycles. The van der Waals surface area contributed by atoms with E-state index in [1.54, 1.807) is 12.1 Å². The Morgan fingerprint density at radius 3 is 2.60 bits per heavy atom. The topological polar surface area (TPSA) is 58.2 Å². The zero-order valence-corrected chi connectivity index (χ0v) is 14.1. The van der Waals surface area contributed by atoms with Gasteiger partial charge >= 0.3 is 0 Å². The molecule has 0 fully saturated rings. The average molecular weight is 338 g/mol. The van der Waals surface area contributed by atoms with Gasteiger partial charge in [-0.25, -0.2) is 4.39 Å². The molecule has 0 bridgehead atoms. The fraction of sp³-hybridized carbons (Fsp3) is 0.200. The highest BCUT2D eigenvalue weighted by atomic mass is 19.1. The normalized spacial score (nSPS) is 16.8. The Balaban J connectivity index is 1.89. The maximum atomic E-state index is 13.2. The lowest BCUT2D eigenvalue weighted by molar-refractivity contribution is -0.121. The van der Waals surface area contributed by atoms with E-state index in [9.17, 15) is 14.0 Å². The Labute approximate surface area is 145 Å². The fourth-order valence-corrected chi connectivity index (χ4v) is 2.91. The van der Waals surface area contributed by atoms with Gasteiger partial charge in [0.15, 0.2) is 0 Å². The number of carbonyl (C=O) groups excluding carboxylic acids is 2. The lowest BCUT2D eigenvalue weighted by Gasteiger charge is -2.24. The van der Waals surface area contributed by atoms with Gasteiger partial charge in [0.25, 0.3) is 5.91 Å². The lowest BCUT2D eigenvalue weighted by atomic mass is 9.86. The number of amides is 2. The molecule has 2 N–H and O–H groups in total. The summed E-state index contributed by atoms with van der Waals surface area (Å²) in [6.45, 7) is 3.92. The highest BCUT2D eigenvalue weighted by molar-refractivity contribution is 6.06. The molecule has 2 amide bonds. The van der Waals surface area contributed by atoms with Crippen molar-refractivity contribution < 1.29 is 14.0 Å². The number of hydrogen-bond donors (Lipinski definition) is 2. The van der Waals surface area contributed by atoms with Crippen molar-refractivity contribution in [1.29, 1.82) is 0 Å². The number of halogens is 1. The van der Waals surface area contributed by atoms with Gasteiger partial charge in [0.1, 0.15) is 5.82 Å². The molecule has 0 aliphatic carbocycles. The standard InChI is InChI=1S/C20H19FN2O2/c1-12-4-3-5-18(13(12)2)23-20(25)17-11-22-19(24)10-16(17)14-6-8-15(21)9-7-14/h3-9,11,16H,10H2,1-2H3,(H,22,24)(H,23,25)/t16-/m0/s1. The van der Waals surface area contributed by atoms with Crippen molar-refractivity contribution >= 4 is 17.5 Å². The molecule has 3 rings (SSSR count). The smallest absolute Gasteiger partial charge is 0.253 e. The molecule has 0 spiro atoms. The molecule has 0 saturated heterocycles. The number of hydrogen-bond acceptors (Lipinski definition) is 2. The molecule has 2 aromatic rings. The van der Waals surface area contributed by atoms with Gasteiger partial charge in [-0.05, 0) is 48.7 Å².